The Labute approximate surface area is 165 Å². The molecule has 0 atom stereocenters. The van der Waals surface area contributed by atoms with Crippen LogP contribution in [0.1, 0.15) is 25.0 Å². The molecule has 4 heteroatoms. The SMILES string of the molecule is CCN(CC)c1ccc2c(c1)Sc1cc(N)c(Cc3ccccc3)cc1N2. The van der Waals surface area contributed by atoms with Crippen LogP contribution in [0.15, 0.2) is 70.5 Å². The number of nitrogen functional groups attached to an aromatic ring is 1. The van der Waals surface area contributed by atoms with Crippen molar-refractivity contribution >= 4 is 34.5 Å². The summed E-state index contributed by atoms with van der Waals surface area (Å²) in [5, 5.41) is 3.60. The summed E-state index contributed by atoms with van der Waals surface area (Å²) in [6, 6.07) is 21.4. The summed E-state index contributed by atoms with van der Waals surface area (Å²) in [4.78, 5) is 4.81. The highest BCUT2D eigenvalue weighted by molar-refractivity contribution is 7.99. The third-order valence-corrected chi connectivity index (χ3v) is 6.18. The molecule has 1 aliphatic rings. The number of benzene rings is 3. The molecule has 3 nitrogen and oxygen atoms in total. The van der Waals surface area contributed by atoms with Crippen molar-refractivity contribution in [1.29, 1.82) is 0 Å². The van der Waals surface area contributed by atoms with E-state index >= 15 is 0 Å². The second-order valence-electron chi connectivity index (χ2n) is 6.79. The van der Waals surface area contributed by atoms with Gasteiger partial charge in [-0.2, -0.15) is 0 Å². The molecule has 0 bridgehead atoms. The van der Waals surface area contributed by atoms with E-state index in [0.29, 0.717) is 0 Å². The minimum atomic E-state index is 0.847. The fourth-order valence-electron chi connectivity index (χ4n) is 3.54. The highest BCUT2D eigenvalue weighted by Gasteiger charge is 2.19. The zero-order valence-corrected chi connectivity index (χ0v) is 16.6. The van der Waals surface area contributed by atoms with Crippen LogP contribution < -0.4 is 16.0 Å². The zero-order chi connectivity index (χ0) is 18.8. The number of fused-ring (bicyclic) bond motifs is 2. The second-order valence-corrected chi connectivity index (χ2v) is 7.87. The van der Waals surface area contributed by atoms with Crippen molar-refractivity contribution in [2.45, 2.75) is 30.1 Å². The van der Waals surface area contributed by atoms with Crippen LogP contribution in [0, 0.1) is 0 Å². The molecule has 0 radical (unpaired) electrons. The van der Waals surface area contributed by atoms with E-state index in [1.54, 1.807) is 11.8 Å². The van der Waals surface area contributed by atoms with Gasteiger partial charge in [0, 0.05) is 34.3 Å². The average Bonchev–Trinajstić information content (AvgIpc) is 2.69. The van der Waals surface area contributed by atoms with Crippen molar-refractivity contribution in [3.05, 3.63) is 71.8 Å². The van der Waals surface area contributed by atoms with Crippen LogP contribution in [0.3, 0.4) is 0 Å². The maximum atomic E-state index is 6.38. The van der Waals surface area contributed by atoms with Crippen LogP contribution in [-0.2, 0) is 6.42 Å². The van der Waals surface area contributed by atoms with Crippen molar-refractivity contribution in [2.75, 3.05) is 29.0 Å². The Morgan fingerprint density at radius 3 is 2.37 bits per heavy atom. The Bertz CT molecular complexity index is 949. The van der Waals surface area contributed by atoms with Gasteiger partial charge in [0.1, 0.15) is 0 Å². The molecule has 27 heavy (non-hydrogen) atoms. The van der Waals surface area contributed by atoms with Gasteiger partial charge in [-0.3, -0.25) is 0 Å². The minimum Gasteiger partial charge on any atom is -0.398 e. The molecule has 0 spiro atoms. The first-order chi connectivity index (χ1) is 13.2. The molecule has 0 aromatic heterocycles. The van der Waals surface area contributed by atoms with Gasteiger partial charge in [-0.05, 0) is 61.7 Å². The van der Waals surface area contributed by atoms with E-state index in [9.17, 15) is 0 Å². The molecular formula is C23H25N3S. The fourth-order valence-corrected chi connectivity index (χ4v) is 4.59. The minimum absolute atomic E-state index is 0.847. The lowest BCUT2D eigenvalue weighted by Crippen LogP contribution is -2.21. The predicted molar refractivity (Wildman–Crippen MR) is 118 cm³/mol. The lowest BCUT2D eigenvalue weighted by atomic mass is 10.0. The molecule has 138 valence electrons. The molecule has 0 aliphatic carbocycles. The molecule has 0 amide bonds. The highest BCUT2D eigenvalue weighted by Crippen LogP contribution is 2.47. The van der Waals surface area contributed by atoms with Crippen molar-refractivity contribution in [1.82, 2.24) is 0 Å². The first-order valence-electron chi connectivity index (χ1n) is 9.48. The third-order valence-electron chi connectivity index (χ3n) is 5.06. The quantitative estimate of drug-likeness (QED) is 0.425. The summed E-state index contributed by atoms with van der Waals surface area (Å²) in [7, 11) is 0. The Morgan fingerprint density at radius 2 is 1.63 bits per heavy atom. The lowest BCUT2D eigenvalue weighted by Gasteiger charge is -2.26. The normalized spacial score (nSPS) is 12.1. The van der Waals surface area contributed by atoms with Crippen LogP contribution in [-0.4, -0.2) is 13.1 Å². The number of nitrogens with one attached hydrogen (secondary N) is 1. The first-order valence-corrected chi connectivity index (χ1v) is 10.3. The van der Waals surface area contributed by atoms with Crippen molar-refractivity contribution in [3.63, 3.8) is 0 Å². The van der Waals surface area contributed by atoms with Gasteiger partial charge in [-0.15, -0.1) is 0 Å². The molecule has 0 fully saturated rings. The van der Waals surface area contributed by atoms with E-state index < -0.39 is 0 Å². The molecule has 3 N–H and O–H groups in total. The summed E-state index contributed by atoms with van der Waals surface area (Å²) in [6.07, 6.45) is 0.847. The van der Waals surface area contributed by atoms with Crippen LogP contribution in [0.5, 0.6) is 0 Å². The molecule has 4 rings (SSSR count). The second kappa shape index (κ2) is 7.57. The Balaban J connectivity index is 1.63. The summed E-state index contributed by atoms with van der Waals surface area (Å²) in [5.74, 6) is 0. The largest absolute Gasteiger partial charge is 0.398 e. The maximum Gasteiger partial charge on any atom is 0.0530 e. The fraction of sp³-hybridized carbons (Fsp3) is 0.217. The molecule has 1 heterocycles. The summed E-state index contributed by atoms with van der Waals surface area (Å²) in [6.45, 7) is 6.41. The van der Waals surface area contributed by atoms with E-state index in [2.05, 4.69) is 78.7 Å². The van der Waals surface area contributed by atoms with Crippen LogP contribution in [0.4, 0.5) is 22.7 Å². The molecule has 1 aliphatic heterocycles. The van der Waals surface area contributed by atoms with E-state index in [0.717, 1.165) is 36.4 Å². The van der Waals surface area contributed by atoms with E-state index in [4.69, 9.17) is 5.73 Å². The molecule has 0 saturated carbocycles. The number of rotatable bonds is 5. The third kappa shape index (κ3) is 3.62. The smallest absolute Gasteiger partial charge is 0.0530 e. The van der Waals surface area contributed by atoms with Gasteiger partial charge in [-0.25, -0.2) is 0 Å². The van der Waals surface area contributed by atoms with Crippen molar-refractivity contribution < 1.29 is 0 Å². The van der Waals surface area contributed by atoms with Gasteiger partial charge >= 0.3 is 0 Å². The van der Waals surface area contributed by atoms with Crippen LogP contribution in [0.25, 0.3) is 0 Å². The number of anilines is 4. The van der Waals surface area contributed by atoms with Gasteiger partial charge < -0.3 is 16.0 Å². The van der Waals surface area contributed by atoms with E-state index in [-0.39, 0.29) is 0 Å². The standard InChI is InChI=1S/C23H25N3S/c1-3-26(4-2)18-10-11-20-22(14-18)27-23-15-19(24)17(13-21(23)25-20)12-16-8-6-5-7-9-16/h5-11,13-15,25H,3-4,12,24H2,1-2H3. The highest BCUT2D eigenvalue weighted by atomic mass is 32.2. The van der Waals surface area contributed by atoms with Gasteiger partial charge in [-0.1, -0.05) is 42.1 Å². The molecule has 3 aromatic carbocycles. The predicted octanol–water partition coefficient (Wildman–Crippen LogP) is 5.91. The number of nitrogens with zero attached hydrogens (tertiary/aromatic N) is 1. The molecular weight excluding hydrogens is 350 g/mol. The summed E-state index contributed by atoms with van der Waals surface area (Å²) in [5.41, 5.74) is 13.3. The van der Waals surface area contributed by atoms with Crippen LogP contribution >= 0.6 is 11.8 Å². The Hall–Kier alpha value is -2.59. The van der Waals surface area contributed by atoms with E-state index in [1.165, 1.54) is 26.7 Å². The Morgan fingerprint density at radius 1 is 0.889 bits per heavy atom. The zero-order valence-electron chi connectivity index (χ0n) is 15.8. The molecule has 3 aromatic rings. The molecule has 0 unspecified atom stereocenters. The van der Waals surface area contributed by atoms with Crippen molar-refractivity contribution in [2.24, 2.45) is 0 Å². The van der Waals surface area contributed by atoms with Gasteiger partial charge in [0.2, 0.25) is 0 Å². The van der Waals surface area contributed by atoms with Gasteiger partial charge in [0.15, 0.2) is 0 Å². The average molecular weight is 376 g/mol. The lowest BCUT2D eigenvalue weighted by molar-refractivity contribution is 0.864. The van der Waals surface area contributed by atoms with Gasteiger partial charge in [0.05, 0.1) is 11.4 Å². The maximum absolute atomic E-state index is 6.38. The van der Waals surface area contributed by atoms with Crippen molar-refractivity contribution in [3.8, 4) is 0 Å². The molecule has 0 saturated heterocycles. The van der Waals surface area contributed by atoms with E-state index in [1.807, 2.05) is 6.07 Å². The number of nitrogens with two attached hydrogens (primary N) is 1. The van der Waals surface area contributed by atoms with Crippen LogP contribution in [0.2, 0.25) is 0 Å². The summed E-state index contributed by atoms with van der Waals surface area (Å²) >= 11 is 1.80. The monoisotopic (exact) mass is 375 g/mol. The first kappa shape index (κ1) is 17.8. The number of hydrogen-bond donors (Lipinski definition) is 2. The number of hydrogen-bond acceptors (Lipinski definition) is 4. The van der Waals surface area contributed by atoms with Gasteiger partial charge in [0.25, 0.3) is 0 Å². The topological polar surface area (TPSA) is 41.3 Å². The summed E-state index contributed by atoms with van der Waals surface area (Å²) < 4.78 is 0. The Kier molecular flexibility index (Phi) is 4.99.